The van der Waals surface area contributed by atoms with Gasteiger partial charge in [0, 0.05) is 16.3 Å². The minimum Gasteiger partial charge on any atom is -0.504 e. The van der Waals surface area contributed by atoms with Gasteiger partial charge in [-0.25, -0.2) is 9.78 Å². The van der Waals surface area contributed by atoms with E-state index in [1.807, 2.05) is 0 Å². The van der Waals surface area contributed by atoms with Crippen molar-refractivity contribution in [3.63, 3.8) is 0 Å². The number of fused-ring (bicyclic) bond motifs is 1. The lowest BCUT2D eigenvalue weighted by Crippen LogP contribution is -2.17. The van der Waals surface area contributed by atoms with Crippen LogP contribution in [0.3, 0.4) is 0 Å². The average Bonchev–Trinajstić information content (AvgIpc) is 3.24. The maximum absolute atomic E-state index is 12.5. The molecule has 0 fully saturated rings. The van der Waals surface area contributed by atoms with Crippen LogP contribution < -0.4 is 19.8 Å². The third kappa shape index (κ3) is 4.13. The molecule has 0 aliphatic rings. The smallest absolute Gasteiger partial charge is 0.345 e. The molecule has 10 nitrogen and oxygen atoms in total. The molecule has 0 spiro atoms. The Kier molecular flexibility index (Phi) is 5.79. The van der Waals surface area contributed by atoms with Crippen molar-refractivity contribution in [2.24, 2.45) is 0 Å². The Balaban J connectivity index is 1.46. The van der Waals surface area contributed by atoms with Crippen LogP contribution in [0.1, 0.15) is 10.4 Å². The van der Waals surface area contributed by atoms with Gasteiger partial charge in [-0.2, -0.15) is 0 Å². The third-order valence-corrected chi connectivity index (χ3v) is 5.81. The van der Waals surface area contributed by atoms with E-state index < -0.39 is 28.8 Å². The first-order valence-electron chi connectivity index (χ1n) is 8.91. The second-order valence-electron chi connectivity index (χ2n) is 6.36. The molecule has 0 bridgehead atoms. The van der Waals surface area contributed by atoms with Crippen LogP contribution in [0.4, 0.5) is 5.13 Å². The predicted octanol–water partition coefficient (Wildman–Crippen LogP) is 3.45. The van der Waals surface area contributed by atoms with Gasteiger partial charge in [0.1, 0.15) is 0 Å². The zero-order chi connectivity index (χ0) is 22.8. The number of aromatic hydroxyl groups is 3. The Morgan fingerprint density at radius 2 is 1.94 bits per heavy atom. The maximum Gasteiger partial charge on any atom is 0.345 e. The first kappa shape index (κ1) is 21.3. The molecule has 0 aliphatic carbocycles. The second kappa shape index (κ2) is 8.69. The molecule has 0 saturated carbocycles. The van der Waals surface area contributed by atoms with Gasteiger partial charge >= 0.3 is 5.63 Å². The summed E-state index contributed by atoms with van der Waals surface area (Å²) in [4.78, 5) is 28.9. The third-order valence-electron chi connectivity index (χ3n) is 4.34. The van der Waals surface area contributed by atoms with E-state index in [1.54, 1.807) is 29.6 Å². The van der Waals surface area contributed by atoms with Crippen molar-refractivity contribution in [3.8, 4) is 34.3 Å². The summed E-state index contributed by atoms with van der Waals surface area (Å²) in [6.45, 7) is 0. The molecule has 12 heteroatoms. The number of nitrogens with zero attached hydrogens (tertiary/aromatic N) is 1. The molecule has 2 aromatic heterocycles. The molecular weight excluding hydrogens is 458 g/mol. The molecule has 5 N–H and O–H groups in total. The van der Waals surface area contributed by atoms with Crippen molar-refractivity contribution in [3.05, 3.63) is 57.8 Å². The summed E-state index contributed by atoms with van der Waals surface area (Å²) in [5.41, 5.74) is 0.403. The summed E-state index contributed by atoms with van der Waals surface area (Å²) in [6.07, 6.45) is 0. The minimum absolute atomic E-state index is 0.0591. The Morgan fingerprint density at radius 1 is 1.19 bits per heavy atom. The fourth-order valence-electron chi connectivity index (χ4n) is 2.81. The number of nitrogens with one attached hydrogen (secondary N) is 2. The van der Waals surface area contributed by atoms with Gasteiger partial charge < -0.3 is 24.5 Å². The first-order chi connectivity index (χ1) is 15.4. The van der Waals surface area contributed by atoms with Crippen LogP contribution in [0.15, 0.2) is 51.0 Å². The van der Waals surface area contributed by atoms with Gasteiger partial charge in [0.05, 0.1) is 30.5 Å². The number of para-hydroxylation sites is 1. The number of aromatic nitrogens is 1. The number of carbonyl (C=O) groups excluding carboxylic acids is 1. The first-order valence-corrected chi connectivity index (χ1v) is 10.6. The van der Waals surface area contributed by atoms with Crippen LogP contribution in [-0.2, 0) is 0 Å². The standard InChI is InChI=1S/C20H15N3O7S2/c1-29-15-4-2-3-9-5-11(19(28)30-17(9)15)12-8-31-20(21-12)23-32-22-18(27)10-6-13(24)16(26)14(25)7-10/h2-8,24-26H,1H3,(H,21,23)(H,22,27). The molecular formula is C20H15N3O7S2. The lowest BCUT2D eigenvalue weighted by atomic mass is 10.1. The van der Waals surface area contributed by atoms with E-state index in [0.29, 0.717) is 27.5 Å². The van der Waals surface area contributed by atoms with Gasteiger partial charge in [0.25, 0.3) is 5.91 Å². The number of carbonyl (C=O) groups is 1. The molecule has 4 aromatic rings. The number of ether oxygens (including phenoxy) is 1. The number of rotatable bonds is 6. The zero-order valence-corrected chi connectivity index (χ0v) is 17.9. The van der Waals surface area contributed by atoms with E-state index in [-0.39, 0.29) is 11.1 Å². The molecule has 32 heavy (non-hydrogen) atoms. The molecule has 0 atom stereocenters. The highest BCUT2D eigenvalue weighted by molar-refractivity contribution is 7.99. The van der Waals surface area contributed by atoms with Crippen molar-refractivity contribution in [2.45, 2.75) is 0 Å². The fourth-order valence-corrected chi connectivity index (χ4v) is 4.08. The summed E-state index contributed by atoms with van der Waals surface area (Å²) in [5, 5.41) is 31.1. The number of methoxy groups -OCH3 is 1. The highest BCUT2D eigenvalue weighted by atomic mass is 32.2. The fraction of sp³-hybridized carbons (Fsp3) is 0.0500. The molecule has 164 valence electrons. The van der Waals surface area contributed by atoms with Crippen LogP contribution in [-0.4, -0.2) is 33.3 Å². The van der Waals surface area contributed by atoms with Crippen LogP contribution in [0.5, 0.6) is 23.0 Å². The quantitative estimate of drug-likeness (QED) is 0.160. The Labute approximate surface area is 188 Å². The summed E-state index contributed by atoms with van der Waals surface area (Å²) in [6, 6.07) is 8.97. The van der Waals surface area contributed by atoms with Gasteiger partial charge in [0.2, 0.25) is 0 Å². The lowest BCUT2D eigenvalue weighted by Gasteiger charge is -2.07. The van der Waals surface area contributed by atoms with Gasteiger partial charge in [-0.1, -0.05) is 12.1 Å². The minimum atomic E-state index is -0.709. The molecule has 2 heterocycles. The van der Waals surface area contributed by atoms with E-state index in [0.717, 1.165) is 24.3 Å². The monoisotopic (exact) mass is 473 g/mol. The second-order valence-corrected chi connectivity index (χ2v) is 7.83. The zero-order valence-electron chi connectivity index (χ0n) is 16.3. The molecule has 2 aromatic carbocycles. The average molecular weight is 473 g/mol. The van der Waals surface area contributed by atoms with Crippen molar-refractivity contribution in [1.29, 1.82) is 0 Å². The van der Waals surface area contributed by atoms with Gasteiger partial charge in [0.15, 0.2) is 33.7 Å². The number of hydrogen-bond acceptors (Lipinski definition) is 11. The SMILES string of the molecule is COc1cccc2cc(-c3csc(NSNC(=O)c4cc(O)c(O)c(O)c4)n3)c(=O)oc12. The number of benzene rings is 2. The lowest BCUT2D eigenvalue weighted by molar-refractivity contribution is 0.0983. The van der Waals surface area contributed by atoms with Crippen LogP contribution in [0.2, 0.25) is 0 Å². The van der Waals surface area contributed by atoms with Gasteiger partial charge in [-0.3, -0.25) is 14.2 Å². The maximum atomic E-state index is 12.5. The number of phenolic OH excluding ortho intramolecular Hbond substituents is 3. The van der Waals surface area contributed by atoms with Crippen LogP contribution in [0.25, 0.3) is 22.2 Å². The van der Waals surface area contributed by atoms with E-state index in [2.05, 4.69) is 14.4 Å². The Hall–Kier alpha value is -3.90. The molecule has 0 saturated heterocycles. The largest absolute Gasteiger partial charge is 0.504 e. The van der Waals surface area contributed by atoms with E-state index in [4.69, 9.17) is 9.15 Å². The Bertz CT molecular complexity index is 1360. The molecule has 4 rings (SSSR count). The van der Waals surface area contributed by atoms with Crippen molar-refractivity contribution in [2.75, 3.05) is 11.8 Å². The molecule has 1 amide bonds. The van der Waals surface area contributed by atoms with Gasteiger partial charge in [-0.15, -0.1) is 11.3 Å². The summed E-state index contributed by atoms with van der Waals surface area (Å²) in [5.74, 6) is -2.13. The predicted molar refractivity (Wildman–Crippen MR) is 120 cm³/mol. The number of amides is 1. The Morgan fingerprint density at radius 3 is 2.66 bits per heavy atom. The summed E-state index contributed by atoms with van der Waals surface area (Å²) in [7, 11) is 1.49. The topological polar surface area (TPSA) is 154 Å². The number of anilines is 1. The summed E-state index contributed by atoms with van der Waals surface area (Å²) < 4.78 is 15.9. The van der Waals surface area contributed by atoms with Crippen molar-refractivity contribution >= 4 is 45.5 Å². The summed E-state index contributed by atoms with van der Waals surface area (Å²) >= 11 is 2.01. The van der Waals surface area contributed by atoms with Crippen molar-refractivity contribution < 1.29 is 29.3 Å². The number of phenols is 3. The van der Waals surface area contributed by atoms with Crippen LogP contribution >= 0.6 is 23.5 Å². The highest BCUT2D eigenvalue weighted by Crippen LogP contribution is 2.35. The molecule has 0 radical (unpaired) electrons. The number of thiazole rings is 1. The molecule has 0 aliphatic heterocycles. The van der Waals surface area contributed by atoms with E-state index in [9.17, 15) is 24.9 Å². The van der Waals surface area contributed by atoms with Crippen LogP contribution in [0, 0.1) is 0 Å². The van der Waals surface area contributed by atoms with E-state index >= 15 is 0 Å². The van der Waals surface area contributed by atoms with Crippen molar-refractivity contribution in [1.82, 2.24) is 9.71 Å². The number of hydrogen-bond donors (Lipinski definition) is 5. The normalized spacial score (nSPS) is 10.8. The highest BCUT2D eigenvalue weighted by Gasteiger charge is 2.15. The van der Waals surface area contributed by atoms with Gasteiger partial charge in [-0.05, 0) is 24.3 Å². The van der Waals surface area contributed by atoms with E-state index in [1.165, 1.54) is 18.4 Å². The molecule has 0 unspecified atom stereocenters.